The zero-order chi connectivity index (χ0) is 17.8. The van der Waals surface area contributed by atoms with Gasteiger partial charge in [0.15, 0.2) is 11.7 Å². The van der Waals surface area contributed by atoms with Crippen molar-refractivity contribution in [3.63, 3.8) is 0 Å². The topological polar surface area (TPSA) is 67.2 Å². The lowest BCUT2D eigenvalue weighted by atomic mass is 10.0. The fourth-order valence-electron chi connectivity index (χ4n) is 3.02. The number of aryl methyl sites for hydroxylation is 1. The minimum absolute atomic E-state index is 0.0309. The van der Waals surface area contributed by atoms with Crippen LogP contribution in [-0.2, 0) is 11.2 Å². The molecule has 0 saturated carbocycles. The van der Waals surface area contributed by atoms with Crippen LogP contribution in [0.2, 0.25) is 10.0 Å². The quantitative estimate of drug-likeness (QED) is 0.825. The van der Waals surface area contributed by atoms with Gasteiger partial charge in [-0.25, -0.2) is 4.98 Å². The van der Waals surface area contributed by atoms with Gasteiger partial charge in [0.05, 0.1) is 11.2 Å². The summed E-state index contributed by atoms with van der Waals surface area (Å²) in [5, 5.41) is 7.54. The van der Waals surface area contributed by atoms with Gasteiger partial charge in [0.2, 0.25) is 5.91 Å². The van der Waals surface area contributed by atoms with Crippen molar-refractivity contribution in [3.8, 4) is 11.3 Å². The fraction of sp³-hybridized carbons (Fsp3) is 0.444. The lowest BCUT2D eigenvalue weighted by Crippen LogP contribution is -2.46. The van der Waals surface area contributed by atoms with Crippen molar-refractivity contribution < 1.29 is 9.21 Å². The summed E-state index contributed by atoms with van der Waals surface area (Å²) in [6, 6.07) is 5.89. The molecule has 2 aromatic rings. The summed E-state index contributed by atoms with van der Waals surface area (Å²) in [5.41, 5.74) is 0.734. The first kappa shape index (κ1) is 18.2. The third-order valence-electron chi connectivity index (χ3n) is 4.30. The van der Waals surface area contributed by atoms with Crippen LogP contribution in [0.4, 0.5) is 0 Å². The van der Waals surface area contributed by atoms with Gasteiger partial charge in [0.1, 0.15) is 0 Å². The molecule has 1 amide bonds. The van der Waals surface area contributed by atoms with Crippen LogP contribution in [0.5, 0.6) is 0 Å². The second-order valence-electron chi connectivity index (χ2n) is 6.39. The van der Waals surface area contributed by atoms with E-state index in [1.54, 1.807) is 24.4 Å². The zero-order valence-corrected chi connectivity index (χ0v) is 15.5. The molecule has 0 aliphatic carbocycles. The Morgan fingerprint density at radius 3 is 3.04 bits per heavy atom. The second kappa shape index (κ2) is 8.21. The van der Waals surface area contributed by atoms with E-state index in [0.29, 0.717) is 40.6 Å². The van der Waals surface area contributed by atoms with E-state index < -0.39 is 0 Å². The predicted octanol–water partition coefficient (Wildman–Crippen LogP) is 3.84. The summed E-state index contributed by atoms with van der Waals surface area (Å²) < 4.78 is 5.72. The molecular formula is C18H21Cl2N3O2. The van der Waals surface area contributed by atoms with Crippen molar-refractivity contribution >= 4 is 29.1 Å². The molecule has 134 valence electrons. The van der Waals surface area contributed by atoms with Crippen LogP contribution >= 0.6 is 23.2 Å². The predicted molar refractivity (Wildman–Crippen MR) is 98.9 cm³/mol. The lowest BCUT2D eigenvalue weighted by Gasteiger charge is -2.28. The number of aromatic nitrogens is 1. The Hall–Kier alpha value is -1.56. The number of carbonyl (C=O) groups is 1. The molecule has 2 heterocycles. The van der Waals surface area contributed by atoms with E-state index in [4.69, 9.17) is 27.6 Å². The first-order valence-corrected chi connectivity index (χ1v) is 9.19. The Balaban J connectivity index is 1.54. The van der Waals surface area contributed by atoms with Crippen molar-refractivity contribution in [1.82, 2.24) is 15.6 Å². The number of benzene rings is 1. The normalized spacial score (nSPS) is 20.4. The first-order valence-electron chi connectivity index (χ1n) is 8.44. The largest absolute Gasteiger partial charge is 0.441 e. The Morgan fingerprint density at radius 2 is 2.28 bits per heavy atom. The standard InChI is InChI=1S/C18H21Cl2N3O2/c1-11-8-13(6-7-21-11)23-17(24)4-5-18-22-10-16(25-18)14-3-2-12(19)9-15(14)20/h2-3,9-11,13,21H,4-8H2,1H3,(H,23,24). The molecular weight excluding hydrogens is 361 g/mol. The van der Waals surface area contributed by atoms with Gasteiger partial charge in [0, 0.05) is 35.5 Å². The number of hydrogen-bond donors (Lipinski definition) is 2. The van der Waals surface area contributed by atoms with Crippen LogP contribution in [0.25, 0.3) is 11.3 Å². The summed E-state index contributed by atoms with van der Waals surface area (Å²) in [5.74, 6) is 1.13. The number of amides is 1. The summed E-state index contributed by atoms with van der Waals surface area (Å²) in [4.78, 5) is 16.4. The van der Waals surface area contributed by atoms with Crippen LogP contribution in [0.15, 0.2) is 28.8 Å². The number of nitrogens with zero attached hydrogens (tertiary/aromatic N) is 1. The molecule has 0 radical (unpaired) electrons. The van der Waals surface area contributed by atoms with Gasteiger partial charge in [-0.1, -0.05) is 23.2 Å². The number of oxazole rings is 1. The van der Waals surface area contributed by atoms with Crippen molar-refractivity contribution in [1.29, 1.82) is 0 Å². The molecule has 1 aromatic heterocycles. The number of halogens is 2. The molecule has 7 heteroatoms. The molecule has 2 unspecified atom stereocenters. The van der Waals surface area contributed by atoms with Gasteiger partial charge in [-0.3, -0.25) is 4.79 Å². The monoisotopic (exact) mass is 381 g/mol. The molecule has 0 spiro atoms. The van der Waals surface area contributed by atoms with Crippen LogP contribution < -0.4 is 10.6 Å². The maximum Gasteiger partial charge on any atom is 0.220 e. The molecule has 1 fully saturated rings. The number of carbonyl (C=O) groups excluding carboxylic acids is 1. The molecule has 2 N–H and O–H groups in total. The van der Waals surface area contributed by atoms with E-state index in [1.165, 1.54) is 0 Å². The Kier molecular flexibility index (Phi) is 5.99. The highest BCUT2D eigenvalue weighted by Gasteiger charge is 2.20. The van der Waals surface area contributed by atoms with Crippen LogP contribution in [0.3, 0.4) is 0 Å². The van der Waals surface area contributed by atoms with Gasteiger partial charge < -0.3 is 15.1 Å². The van der Waals surface area contributed by atoms with Crippen molar-refractivity contribution in [2.45, 2.75) is 44.7 Å². The summed E-state index contributed by atoms with van der Waals surface area (Å²) in [6.07, 6.45) is 4.36. The Labute approximate surface area is 157 Å². The minimum atomic E-state index is 0.0309. The van der Waals surface area contributed by atoms with E-state index in [9.17, 15) is 4.79 Å². The molecule has 2 atom stereocenters. The molecule has 1 saturated heterocycles. The van der Waals surface area contributed by atoms with Gasteiger partial charge in [-0.15, -0.1) is 0 Å². The minimum Gasteiger partial charge on any atom is -0.441 e. The Morgan fingerprint density at radius 1 is 1.44 bits per heavy atom. The van der Waals surface area contributed by atoms with Gasteiger partial charge >= 0.3 is 0 Å². The average molecular weight is 382 g/mol. The molecule has 0 bridgehead atoms. The number of piperidine rings is 1. The molecule has 1 aliphatic rings. The molecule has 1 aliphatic heterocycles. The van der Waals surface area contributed by atoms with E-state index in [1.807, 2.05) is 0 Å². The summed E-state index contributed by atoms with van der Waals surface area (Å²) >= 11 is 12.1. The Bertz CT molecular complexity index is 748. The van der Waals surface area contributed by atoms with Crippen LogP contribution in [0, 0.1) is 0 Å². The first-order chi connectivity index (χ1) is 12.0. The van der Waals surface area contributed by atoms with Gasteiger partial charge in [0.25, 0.3) is 0 Å². The smallest absolute Gasteiger partial charge is 0.220 e. The number of nitrogens with one attached hydrogen (secondary N) is 2. The van der Waals surface area contributed by atoms with Crippen LogP contribution in [0.1, 0.15) is 32.1 Å². The maximum atomic E-state index is 12.1. The SMILES string of the molecule is CC1CC(NC(=O)CCc2ncc(-c3ccc(Cl)cc3Cl)o2)CCN1. The van der Waals surface area contributed by atoms with Gasteiger partial charge in [-0.2, -0.15) is 0 Å². The number of hydrogen-bond acceptors (Lipinski definition) is 4. The van der Waals surface area contributed by atoms with E-state index in [-0.39, 0.29) is 11.9 Å². The highest BCUT2D eigenvalue weighted by molar-refractivity contribution is 6.36. The van der Waals surface area contributed by atoms with Crippen LogP contribution in [-0.4, -0.2) is 29.5 Å². The summed E-state index contributed by atoms with van der Waals surface area (Å²) in [7, 11) is 0. The highest BCUT2D eigenvalue weighted by atomic mass is 35.5. The average Bonchev–Trinajstić information content (AvgIpc) is 3.01. The van der Waals surface area contributed by atoms with Crippen molar-refractivity contribution in [2.75, 3.05) is 6.54 Å². The van der Waals surface area contributed by atoms with Crippen molar-refractivity contribution in [3.05, 3.63) is 40.3 Å². The summed E-state index contributed by atoms with van der Waals surface area (Å²) in [6.45, 7) is 3.07. The maximum absolute atomic E-state index is 12.1. The molecule has 5 nitrogen and oxygen atoms in total. The number of rotatable bonds is 5. The van der Waals surface area contributed by atoms with E-state index in [2.05, 4.69) is 22.5 Å². The third-order valence-corrected chi connectivity index (χ3v) is 4.85. The molecule has 3 rings (SSSR count). The van der Waals surface area contributed by atoms with E-state index >= 15 is 0 Å². The lowest BCUT2D eigenvalue weighted by molar-refractivity contribution is -0.122. The molecule has 25 heavy (non-hydrogen) atoms. The zero-order valence-electron chi connectivity index (χ0n) is 14.0. The second-order valence-corrected chi connectivity index (χ2v) is 7.23. The van der Waals surface area contributed by atoms with E-state index in [0.717, 1.165) is 24.9 Å². The highest BCUT2D eigenvalue weighted by Crippen LogP contribution is 2.30. The van der Waals surface area contributed by atoms with Crippen molar-refractivity contribution in [2.24, 2.45) is 0 Å². The van der Waals surface area contributed by atoms with Gasteiger partial charge in [-0.05, 0) is 44.5 Å². The third kappa shape index (κ3) is 4.97. The fourth-order valence-corrected chi connectivity index (χ4v) is 3.52. The molecule has 1 aromatic carbocycles.